The van der Waals surface area contributed by atoms with E-state index in [0.717, 1.165) is 33.5 Å². The first kappa shape index (κ1) is 13.8. The Bertz CT molecular complexity index is 638. The second-order valence-corrected chi connectivity index (χ2v) is 7.47. The molecule has 106 valence electrons. The Hall–Kier alpha value is -1.20. The third-order valence-electron chi connectivity index (χ3n) is 3.82. The van der Waals surface area contributed by atoms with E-state index < -0.39 is 0 Å². The lowest BCUT2D eigenvalue weighted by atomic mass is 10.2. The van der Waals surface area contributed by atoms with Gasteiger partial charge in [-0.05, 0) is 55.2 Å². The highest BCUT2D eigenvalue weighted by Crippen LogP contribution is 2.30. The Morgan fingerprint density at radius 1 is 1.40 bits per heavy atom. The first-order valence-corrected chi connectivity index (χ1v) is 8.89. The summed E-state index contributed by atoms with van der Waals surface area (Å²) in [6, 6.07) is 8.04. The van der Waals surface area contributed by atoms with E-state index in [-0.39, 0.29) is 5.91 Å². The van der Waals surface area contributed by atoms with Gasteiger partial charge in [0.15, 0.2) is 0 Å². The topological polar surface area (TPSA) is 55.1 Å². The van der Waals surface area contributed by atoms with Gasteiger partial charge in [-0.3, -0.25) is 4.79 Å². The molecular formula is C15H18N2OS2. The van der Waals surface area contributed by atoms with Gasteiger partial charge in [0.05, 0.1) is 4.88 Å². The van der Waals surface area contributed by atoms with Crippen LogP contribution in [0.5, 0.6) is 0 Å². The highest BCUT2D eigenvalue weighted by Gasteiger charge is 2.25. The minimum Gasteiger partial charge on any atom is -0.399 e. The van der Waals surface area contributed by atoms with Crippen LogP contribution in [-0.2, 0) is 0 Å². The third-order valence-corrected chi connectivity index (χ3v) is 6.03. The summed E-state index contributed by atoms with van der Waals surface area (Å²) in [5, 5.41) is 4.91. The molecule has 1 aliphatic carbocycles. The van der Waals surface area contributed by atoms with Crippen LogP contribution in [-0.4, -0.2) is 23.5 Å². The van der Waals surface area contributed by atoms with Gasteiger partial charge in [-0.2, -0.15) is 11.8 Å². The largest absolute Gasteiger partial charge is 0.399 e. The average molecular weight is 306 g/mol. The van der Waals surface area contributed by atoms with Crippen molar-refractivity contribution >= 4 is 44.8 Å². The van der Waals surface area contributed by atoms with Crippen LogP contribution >= 0.6 is 23.1 Å². The van der Waals surface area contributed by atoms with Gasteiger partial charge in [0, 0.05) is 21.7 Å². The number of rotatable bonds is 3. The van der Waals surface area contributed by atoms with E-state index in [1.54, 1.807) is 0 Å². The number of thiophene rings is 1. The van der Waals surface area contributed by atoms with Crippen LogP contribution in [0.25, 0.3) is 10.1 Å². The molecule has 2 aromatic rings. The van der Waals surface area contributed by atoms with Crippen molar-refractivity contribution in [3.63, 3.8) is 0 Å². The summed E-state index contributed by atoms with van der Waals surface area (Å²) in [6.45, 7) is 0. The molecule has 0 bridgehead atoms. The minimum atomic E-state index is 0.0523. The summed E-state index contributed by atoms with van der Waals surface area (Å²) in [6.07, 6.45) is 5.53. The lowest BCUT2D eigenvalue weighted by Crippen LogP contribution is -2.32. The molecule has 1 aromatic carbocycles. The molecule has 0 saturated heterocycles. The number of amides is 1. The average Bonchev–Trinajstić information content (AvgIpc) is 3.04. The number of fused-ring (bicyclic) bond motifs is 1. The van der Waals surface area contributed by atoms with Crippen LogP contribution in [0, 0.1) is 0 Å². The molecule has 0 radical (unpaired) electrons. The summed E-state index contributed by atoms with van der Waals surface area (Å²) in [5.74, 6) is 0.0523. The normalized spacial score (nSPS) is 22.2. The Morgan fingerprint density at radius 3 is 3.00 bits per heavy atom. The van der Waals surface area contributed by atoms with Crippen molar-refractivity contribution in [1.29, 1.82) is 0 Å². The van der Waals surface area contributed by atoms with Gasteiger partial charge in [0.1, 0.15) is 0 Å². The van der Waals surface area contributed by atoms with Crippen LogP contribution < -0.4 is 11.1 Å². The van der Waals surface area contributed by atoms with E-state index in [4.69, 9.17) is 5.73 Å². The zero-order chi connectivity index (χ0) is 14.1. The third kappa shape index (κ3) is 2.79. The molecule has 5 heteroatoms. The van der Waals surface area contributed by atoms with E-state index in [0.29, 0.717) is 11.3 Å². The number of benzene rings is 1. The number of hydrogen-bond donors (Lipinski definition) is 2. The first-order valence-electron chi connectivity index (χ1n) is 6.78. The van der Waals surface area contributed by atoms with Crippen LogP contribution in [0.15, 0.2) is 24.3 Å². The molecule has 0 spiro atoms. The summed E-state index contributed by atoms with van der Waals surface area (Å²) in [4.78, 5) is 13.1. The first-order chi connectivity index (χ1) is 9.65. The van der Waals surface area contributed by atoms with Gasteiger partial charge < -0.3 is 11.1 Å². The fourth-order valence-corrected chi connectivity index (χ4v) is 4.46. The van der Waals surface area contributed by atoms with Crippen LogP contribution in [0.2, 0.25) is 0 Å². The quantitative estimate of drug-likeness (QED) is 0.853. The molecule has 1 fully saturated rings. The van der Waals surface area contributed by atoms with Gasteiger partial charge in [-0.15, -0.1) is 11.3 Å². The molecule has 3 N–H and O–H groups in total. The predicted octanol–water partition coefficient (Wildman–Crippen LogP) is 3.50. The summed E-state index contributed by atoms with van der Waals surface area (Å²) in [7, 11) is 0. The van der Waals surface area contributed by atoms with E-state index in [9.17, 15) is 4.79 Å². The molecule has 3 rings (SSSR count). The number of hydrogen-bond acceptors (Lipinski definition) is 4. The minimum absolute atomic E-state index is 0.0523. The molecule has 1 heterocycles. The second kappa shape index (κ2) is 5.66. The van der Waals surface area contributed by atoms with Crippen LogP contribution in [0.1, 0.15) is 28.9 Å². The smallest absolute Gasteiger partial charge is 0.261 e. The molecule has 0 aliphatic heterocycles. The Kier molecular flexibility index (Phi) is 3.89. The fourth-order valence-electron chi connectivity index (χ4n) is 2.72. The van der Waals surface area contributed by atoms with Crippen molar-refractivity contribution in [2.45, 2.75) is 30.6 Å². The van der Waals surface area contributed by atoms with Gasteiger partial charge in [0.25, 0.3) is 5.91 Å². The second-order valence-electron chi connectivity index (χ2n) is 5.25. The van der Waals surface area contributed by atoms with Crippen LogP contribution in [0.4, 0.5) is 5.69 Å². The van der Waals surface area contributed by atoms with Gasteiger partial charge in [-0.1, -0.05) is 0 Å². The molecule has 3 nitrogen and oxygen atoms in total. The van der Waals surface area contributed by atoms with Crippen molar-refractivity contribution in [3.05, 3.63) is 29.1 Å². The Balaban J connectivity index is 1.72. The summed E-state index contributed by atoms with van der Waals surface area (Å²) < 4.78 is 1.11. The number of nitrogen functional groups attached to an aromatic ring is 1. The maximum Gasteiger partial charge on any atom is 0.261 e. The maximum absolute atomic E-state index is 12.3. The molecule has 1 aliphatic rings. The van der Waals surface area contributed by atoms with Crippen LogP contribution in [0.3, 0.4) is 0 Å². The fraction of sp³-hybridized carbons (Fsp3) is 0.400. The standard InChI is InChI=1S/C15H18N2OS2/c1-19-12-4-3-11(8-12)17-15(18)14-7-9-6-10(16)2-5-13(9)20-14/h2,5-7,11-12H,3-4,8,16H2,1H3,(H,17,18). The molecule has 20 heavy (non-hydrogen) atoms. The summed E-state index contributed by atoms with van der Waals surface area (Å²) >= 11 is 3.43. The van der Waals surface area contributed by atoms with Crippen molar-refractivity contribution < 1.29 is 4.79 Å². The summed E-state index contributed by atoms with van der Waals surface area (Å²) in [5.41, 5.74) is 6.51. The highest BCUT2D eigenvalue weighted by molar-refractivity contribution is 7.99. The Morgan fingerprint density at radius 2 is 2.25 bits per heavy atom. The number of thioether (sulfide) groups is 1. The number of carbonyl (C=O) groups excluding carboxylic acids is 1. The van der Waals surface area contributed by atoms with Gasteiger partial charge in [-0.25, -0.2) is 0 Å². The molecular weight excluding hydrogens is 288 g/mol. The van der Waals surface area contributed by atoms with Gasteiger partial charge in [0.2, 0.25) is 0 Å². The van der Waals surface area contributed by atoms with Gasteiger partial charge >= 0.3 is 0 Å². The number of nitrogens with two attached hydrogens (primary N) is 1. The van der Waals surface area contributed by atoms with Crippen molar-refractivity contribution in [2.24, 2.45) is 0 Å². The predicted molar refractivity (Wildman–Crippen MR) is 88.6 cm³/mol. The molecule has 1 amide bonds. The monoisotopic (exact) mass is 306 g/mol. The number of nitrogens with one attached hydrogen (secondary N) is 1. The maximum atomic E-state index is 12.3. The SMILES string of the molecule is CSC1CCC(NC(=O)c2cc3cc(N)ccc3s2)C1. The molecule has 1 aromatic heterocycles. The lowest BCUT2D eigenvalue weighted by molar-refractivity contribution is 0.0942. The van der Waals surface area contributed by atoms with E-state index in [1.807, 2.05) is 36.0 Å². The zero-order valence-corrected chi connectivity index (χ0v) is 13.0. The van der Waals surface area contributed by atoms with E-state index >= 15 is 0 Å². The zero-order valence-electron chi connectivity index (χ0n) is 11.4. The van der Waals surface area contributed by atoms with E-state index in [2.05, 4.69) is 11.6 Å². The molecule has 1 saturated carbocycles. The number of anilines is 1. The number of carbonyl (C=O) groups is 1. The van der Waals surface area contributed by atoms with Crippen molar-refractivity contribution in [3.8, 4) is 0 Å². The molecule has 2 atom stereocenters. The highest BCUT2D eigenvalue weighted by atomic mass is 32.2. The van der Waals surface area contributed by atoms with Crippen molar-refractivity contribution in [2.75, 3.05) is 12.0 Å². The Labute approximate surface area is 126 Å². The molecule has 2 unspecified atom stereocenters. The lowest BCUT2D eigenvalue weighted by Gasteiger charge is -2.11. The van der Waals surface area contributed by atoms with E-state index in [1.165, 1.54) is 17.8 Å². The van der Waals surface area contributed by atoms with Crippen molar-refractivity contribution in [1.82, 2.24) is 5.32 Å².